The summed E-state index contributed by atoms with van der Waals surface area (Å²) in [7, 11) is 0. The van der Waals surface area contributed by atoms with Crippen LogP contribution < -0.4 is 11.1 Å². The third-order valence-electron chi connectivity index (χ3n) is 3.30. The highest BCUT2D eigenvalue weighted by Gasteiger charge is 2.27. The second-order valence-electron chi connectivity index (χ2n) is 4.72. The number of rotatable bonds is 5. The maximum Gasteiger partial charge on any atom is 0.135 e. The van der Waals surface area contributed by atoms with Crippen molar-refractivity contribution in [2.75, 3.05) is 11.9 Å². The number of nitrogens with one attached hydrogen (secondary N) is 1. The third kappa shape index (κ3) is 2.94. The van der Waals surface area contributed by atoms with Gasteiger partial charge in [0.1, 0.15) is 10.8 Å². The van der Waals surface area contributed by atoms with Crippen LogP contribution in [-0.4, -0.2) is 11.5 Å². The lowest BCUT2D eigenvalue weighted by molar-refractivity contribution is 0.536. The van der Waals surface area contributed by atoms with Crippen LogP contribution in [0, 0.1) is 17.7 Å². The topological polar surface area (TPSA) is 38.0 Å². The van der Waals surface area contributed by atoms with E-state index in [2.05, 4.69) is 12.2 Å². The molecule has 0 spiro atoms. The molecule has 1 atom stereocenters. The van der Waals surface area contributed by atoms with Gasteiger partial charge in [0, 0.05) is 12.2 Å². The average molecular weight is 252 g/mol. The van der Waals surface area contributed by atoms with E-state index in [9.17, 15) is 4.39 Å². The minimum Gasteiger partial charge on any atom is -0.389 e. The first-order valence-electron chi connectivity index (χ1n) is 5.91. The number of hydrogen-bond donors (Lipinski definition) is 2. The maximum atomic E-state index is 13.6. The van der Waals surface area contributed by atoms with Crippen molar-refractivity contribution >= 4 is 22.9 Å². The maximum absolute atomic E-state index is 13.6. The van der Waals surface area contributed by atoms with Crippen molar-refractivity contribution in [2.24, 2.45) is 17.6 Å². The Hall–Kier alpha value is -1.16. The molecule has 1 aromatic rings. The molecule has 1 aliphatic carbocycles. The van der Waals surface area contributed by atoms with E-state index in [4.69, 9.17) is 18.0 Å². The molecule has 0 heterocycles. The van der Waals surface area contributed by atoms with E-state index < -0.39 is 0 Å². The Kier molecular flexibility index (Phi) is 3.62. The van der Waals surface area contributed by atoms with Crippen molar-refractivity contribution in [3.05, 3.63) is 29.6 Å². The Balaban J connectivity index is 2.08. The molecule has 4 heteroatoms. The zero-order valence-corrected chi connectivity index (χ0v) is 10.7. The molecule has 17 heavy (non-hydrogen) atoms. The van der Waals surface area contributed by atoms with Gasteiger partial charge in [-0.3, -0.25) is 0 Å². The standard InChI is InChI=1S/C13H17FN2S/c1-8(9-5-6-9)7-16-11-4-2-3-10(14)12(11)13(15)17/h2-4,8-9,16H,5-7H2,1H3,(H2,15,17). The molecule has 3 N–H and O–H groups in total. The van der Waals surface area contributed by atoms with Gasteiger partial charge in [-0.1, -0.05) is 25.2 Å². The number of anilines is 1. The van der Waals surface area contributed by atoms with E-state index in [-0.39, 0.29) is 10.8 Å². The van der Waals surface area contributed by atoms with Crippen molar-refractivity contribution in [1.29, 1.82) is 0 Å². The predicted molar refractivity (Wildman–Crippen MR) is 72.7 cm³/mol. The van der Waals surface area contributed by atoms with E-state index in [0.29, 0.717) is 17.2 Å². The van der Waals surface area contributed by atoms with Gasteiger partial charge in [0.05, 0.1) is 5.56 Å². The lowest BCUT2D eigenvalue weighted by Crippen LogP contribution is -2.18. The van der Waals surface area contributed by atoms with Crippen LogP contribution in [-0.2, 0) is 0 Å². The van der Waals surface area contributed by atoms with Crippen molar-refractivity contribution in [3.63, 3.8) is 0 Å². The van der Waals surface area contributed by atoms with Gasteiger partial charge in [-0.25, -0.2) is 4.39 Å². The monoisotopic (exact) mass is 252 g/mol. The van der Waals surface area contributed by atoms with Gasteiger partial charge < -0.3 is 11.1 Å². The fourth-order valence-electron chi connectivity index (χ4n) is 2.02. The molecule has 2 rings (SSSR count). The van der Waals surface area contributed by atoms with Gasteiger partial charge in [0.2, 0.25) is 0 Å². The fraction of sp³-hybridized carbons (Fsp3) is 0.462. The fourth-order valence-corrected chi connectivity index (χ4v) is 2.23. The molecule has 0 saturated heterocycles. The van der Waals surface area contributed by atoms with Gasteiger partial charge in [0.15, 0.2) is 0 Å². The van der Waals surface area contributed by atoms with Gasteiger partial charge >= 0.3 is 0 Å². The van der Waals surface area contributed by atoms with Crippen LogP contribution in [0.15, 0.2) is 18.2 Å². The SMILES string of the molecule is CC(CNc1cccc(F)c1C(N)=S)C1CC1. The van der Waals surface area contributed by atoms with Crippen LogP contribution in [0.1, 0.15) is 25.3 Å². The van der Waals surface area contributed by atoms with Crippen LogP contribution in [0.25, 0.3) is 0 Å². The van der Waals surface area contributed by atoms with E-state index in [0.717, 1.165) is 12.5 Å². The lowest BCUT2D eigenvalue weighted by Gasteiger charge is -2.15. The van der Waals surface area contributed by atoms with Gasteiger partial charge in [-0.05, 0) is 36.8 Å². The number of halogens is 1. The number of benzene rings is 1. The molecule has 1 fully saturated rings. The highest BCUT2D eigenvalue weighted by Crippen LogP contribution is 2.36. The van der Waals surface area contributed by atoms with E-state index in [1.165, 1.54) is 18.9 Å². The Bertz CT molecular complexity index is 429. The van der Waals surface area contributed by atoms with Crippen LogP contribution in [0.2, 0.25) is 0 Å². The Morgan fingerprint density at radius 1 is 1.59 bits per heavy atom. The molecule has 0 amide bonds. The smallest absolute Gasteiger partial charge is 0.135 e. The van der Waals surface area contributed by atoms with Crippen LogP contribution in [0.3, 0.4) is 0 Å². The first-order chi connectivity index (χ1) is 8.09. The number of nitrogens with two attached hydrogens (primary N) is 1. The van der Waals surface area contributed by atoms with Crippen LogP contribution in [0.4, 0.5) is 10.1 Å². The van der Waals surface area contributed by atoms with E-state index in [1.54, 1.807) is 6.07 Å². The summed E-state index contributed by atoms with van der Waals surface area (Å²) in [6.45, 7) is 3.05. The van der Waals surface area contributed by atoms with Crippen LogP contribution >= 0.6 is 12.2 Å². The summed E-state index contributed by atoms with van der Waals surface area (Å²) < 4.78 is 13.6. The van der Waals surface area contributed by atoms with Gasteiger partial charge in [-0.2, -0.15) is 0 Å². The van der Waals surface area contributed by atoms with E-state index >= 15 is 0 Å². The first-order valence-corrected chi connectivity index (χ1v) is 6.32. The van der Waals surface area contributed by atoms with Crippen molar-refractivity contribution < 1.29 is 4.39 Å². The summed E-state index contributed by atoms with van der Waals surface area (Å²) in [5.74, 6) is 1.07. The summed E-state index contributed by atoms with van der Waals surface area (Å²) in [6.07, 6.45) is 2.63. The lowest BCUT2D eigenvalue weighted by atomic mass is 10.1. The Morgan fingerprint density at radius 3 is 2.88 bits per heavy atom. The van der Waals surface area contributed by atoms with Crippen molar-refractivity contribution in [2.45, 2.75) is 19.8 Å². The average Bonchev–Trinajstić information content (AvgIpc) is 3.08. The summed E-state index contributed by atoms with van der Waals surface area (Å²) in [6, 6.07) is 4.86. The zero-order chi connectivity index (χ0) is 12.4. The third-order valence-corrected chi connectivity index (χ3v) is 3.51. The molecular weight excluding hydrogens is 235 g/mol. The van der Waals surface area contributed by atoms with Gasteiger partial charge in [-0.15, -0.1) is 0 Å². The molecule has 2 nitrogen and oxygen atoms in total. The highest BCUT2D eigenvalue weighted by atomic mass is 32.1. The van der Waals surface area contributed by atoms with E-state index in [1.807, 2.05) is 6.07 Å². The van der Waals surface area contributed by atoms with Crippen LogP contribution in [0.5, 0.6) is 0 Å². The summed E-state index contributed by atoms with van der Waals surface area (Å²) in [5.41, 5.74) is 6.57. The molecule has 92 valence electrons. The summed E-state index contributed by atoms with van der Waals surface area (Å²) >= 11 is 4.88. The molecule has 0 radical (unpaired) electrons. The summed E-state index contributed by atoms with van der Waals surface area (Å²) in [4.78, 5) is 0.102. The van der Waals surface area contributed by atoms with Crippen molar-refractivity contribution in [1.82, 2.24) is 0 Å². The Labute approximate surface area is 106 Å². The molecule has 0 bridgehead atoms. The van der Waals surface area contributed by atoms with Crippen molar-refractivity contribution in [3.8, 4) is 0 Å². The molecule has 0 aliphatic heterocycles. The predicted octanol–water partition coefficient (Wildman–Crippen LogP) is 2.92. The molecule has 1 saturated carbocycles. The minimum atomic E-state index is -0.360. The second-order valence-corrected chi connectivity index (χ2v) is 5.16. The van der Waals surface area contributed by atoms with Gasteiger partial charge in [0.25, 0.3) is 0 Å². The number of thiocarbonyl (C=S) groups is 1. The molecular formula is C13H17FN2S. The first kappa shape index (κ1) is 12.3. The summed E-state index contributed by atoms with van der Waals surface area (Å²) in [5, 5.41) is 3.25. The zero-order valence-electron chi connectivity index (χ0n) is 9.87. The Morgan fingerprint density at radius 2 is 2.29 bits per heavy atom. The second kappa shape index (κ2) is 5.00. The minimum absolute atomic E-state index is 0.102. The molecule has 1 aliphatic rings. The molecule has 0 aromatic heterocycles. The largest absolute Gasteiger partial charge is 0.389 e. The number of hydrogen-bond acceptors (Lipinski definition) is 2. The molecule has 1 aromatic carbocycles. The quantitative estimate of drug-likeness (QED) is 0.791. The highest BCUT2D eigenvalue weighted by molar-refractivity contribution is 7.80. The normalized spacial score (nSPS) is 16.6. The molecule has 1 unspecified atom stereocenters.